The average Bonchev–Trinajstić information content (AvgIpc) is 2.92. The van der Waals surface area contributed by atoms with Gasteiger partial charge in [-0.05, 0) is 43.3 Å². The molecule has 0 radical (unpaired) electrons. The molecule has 7 heteroatoms. The number of nitrogens with zero attached hydrogens (tertiary/aromatic N) is 2. The Morgan fingerprint density at radius 2 is 1.88 bits per heavy atom. The van der Waals surface area contributed by atoms with Crippen LogP contribution in [0.25, 0.3) is 16.7 Å². The number of likely N-dealkylation sites (N-methyl/N-ethyl adjacent to an activating group) is 1. The third kappa shape index (κ3) is 3.43. The summed E-state index contributed by atoms with van der Waals surface area (Å²) >= 11 is 12.1. The number of ketones is 1. The van der Waals surface area contributed by atoms with E-state index in [1.165, 1.54) is 0 Å². The van der Waals surface area contributed by atoms with Gasteiger partial charge in [-0.1, -0.05) is 42.3 Å². The van der Waals surface area contributed by atoms with Gasteiger partial charge in [0.1, 0.15) is 0 Å². The summed E-state index contributed by atoms with van der Waals surface area (Å²) in [6.07, 6.45) is 1.34. The lowest BCUT2D eigenvalue weighted by atomic mass is 10.00. The van der Waals surface area contributed by atoms with Gasteiger partial charge in [0, 0.05) is 6.42 Å². The highest BCUT2D eigenvalue weighted by molar-refractivity contribution is 6.42. The fourth-order valence-electron chi connectivity index (χ4n) is 3.03. The van der Waals surface area contributed by atoms with Gasteiger partial charge in [-0.25, -0.2) is 0 Å². The molecule has 26 heavy (non-hydrogen) atoms. The fraction of sp³-hybridized carbons (Fsp3) is 0.263. The monoisotopic (exact) mass is 391 g/mol. The summed E-state index contributed by atoms with van der Waals surface area (Å²) in [5, 5.41) is 14.1. The van der Waals surface area contributed by atoms with Crippen molar-refractivity contribution in [1.29, 1.82) is 0 Å². The largest absolute Gasteiger partial charge is 0.480 e. The van der Waals surface area contributed by atoms with Gasteiger partial charge in [-0.2, -0.15) is 4.98 Å². The molecule has 0 fully saturated rings. The number of halogens is 2. The van der Waals surface area contributed by atoms with Crippen LogP contribution in [0.3, 0.4) is 0 Å². The van der Waals surface area contributed by atoms with Crippen LogP contribution in [0, 0.1) is 0 Å². The Bertz CT molecular complexity index is 952. The smallest absolute Gasteiger partial charge is 0.299 e. The molecule has 136 valence electrons. The Morgan fingerprint density at radius 1 is 1.23 bits per heavy atom. The van der Waals surface area contributed by atoms with Crippen molar-refractivity contribution in [2.24, 2.45) is 0 Å². The minimum atomic E-state index is -0.342. The van der Waals surface area contributed by atoms with Crippen molar-refractivity contribution < 1.29 is 9.90 Å². The molecule has 2 aromatic carbocycles. The summed E-state index contributed by atoms with van der Waals surface area (Å²) in [7, 11) is 1.77. The maximum atomic E-state index is 12.2. The zero-order valence-corrected chi connectivity index (χ0v) is 16.0. The van der Waals surface area contributed by atoms with E-state index in [0.717, 1.165) is 12.0 Å². The Hall–Kier alpha value is -2.08. The van der Waals surface area contributed by atoms with E-state index in [0.29, 0.717) is 33.2 Å². The number of rotatable bonds is 6. The minimum Gasteiger partial charge on any atom is -0.480 e. The fourth-order valence-corrected chi connectivity index (χ4v) is 3.35. The molecular formula is C19H19Cl2N3O2. The Kier molecular flexibility index (Phi) is 5.51. The van der Waals surface area contributed by atoms with E-state index in [1.54, 1.807) is 23.7 Å². The normalized spacial score (nSPS) is 12.5. The van der Waals surface area contributed by atoms with Gasteiger partial charge < -0.3 is 10.4 Å². The Labute approximate surface area is 161 Å². The highest BCUT2D eigenvalue weighted by Gasteiger charge is 2.18. The van der Waals surface area contributed by atoms with E-state index in [4.69, 9.17) is 23.2 Å². The zero-order chi connectivity index (χ0) is 18.8. The zero-order valence-electron chi connectivity index (χ0n) is 14.5. The van der Waals surface area contributed by atoms with Crippen LogP contribution in [-0.4, -0.2) is 27.5 Å². The third-order valence-electron chi connectivity index (χ3n) is 4.27. The molecule has 0 aliphatic carbocycles. The first kappa shape index (κ1) is 18.7. The van der Waals surface area contributed by atoms with Crippen LogP contribution in [0.4, 0.5) is 0 Å². The number of carbonyl (C=O) groups excluding carboxylic acids is 1. The molecule has 1 heterocycles. The molecule has 1 unspecified atom stereocenters. The minimum absolute atomic E-state index is 0.153. The predicted octanol–water partition coefficient (Wildman–Crippen LogP) is 4.67. The number of hydrogen-bond donors (Lipinski definition) is 2. The lowest BCUT2D eigenvalue weighted by molar-refractivity contribution is -0.121. The second-order valence-corrected chi connectivity index (χ2v) is 6.85. The van der Waals surface area contributed by atoms with Crippen LogP contribution in [0.1, 0.15) is 31.4 Å². The molecule has 0 aliphatic heterocycles. The molecular weight excluding hydrogens is 373 g/mol. The van der Waals surface area contributed by atoms with Crippen molar-refractivity contribution in [3.63, 3.8) is 0 Å². The van der Waals surface area contributed by atoms with E-state index in [1.807, 2.05) is 31.2 Å². The van der Waals surface area contributed by atoms with Gasteiger partial charge in [-0.3, -0.25) is 9.36 Å². The van der Waals surface area contributed by atoms with Gasteiger partial charge in [0.15, 0.2) is 5.78 Å². The van der Waals surface area contributed by atoms with Gasteiger partial charge in [0.25, 0.3) is 6.01 Å². The van der Waals surface area contributed by atoms with Crippen LogP contribution in [0.5, 0.6) is 6.01 Å². The van der Waals surface area contributed by atoms with Crippen molar-refractivity contribution >= 4 is 40.0 Å². The summed E-state index contributed by atoms with van der Waals surface area (Å²) in [5.41, 5.74) is 2.79. The number of Topliss-reactive ketones (excluding diaryl/α,β-unsaturated/α-hetero) is 1. The van der Waals surface area contributed by atoms with E-state index < -0.39 is 0 Å². The standard InChI is InChI=1S/C19H19Cl2N3O2/c1-3-4-17(25)18(22-2)11-5-7-12(8-6-11)24-16-10-14(21)13(20)9-15(16)23-19(24)26/h5-10,18,22H,3-4H2,1-2H3,(H,23,26). The lowest BCUT2D eigenvalue weighted by Gasteiger charge is -2.16. The highest BCUT2D eigenvalue weighted by Crippen LogP contribution is 2.32. The van der Waals surface area contributed by atoms with E-state index in [2.05, 4.69) is 10.3 Å². The Morgan fingerprint density at radius 3 is 2.50 bits per heavy atom. The summed E-state index contributed by atoms with van der Waals surface area (Å²) in [4.78, 5) is 16.4. The molecule has 0 saturated heterocycles. The first-order valence-corrected chi connectivity index (χ1v) is 9.08. The molecule has 0 amide bonds. The molecule has 2 N–H and O–H groups in total. The second kappa shape index (κ2) is 7.66. The molecule has 0 bridgehead atoms. The number of aromatic hydroxyl groups is 1. The number of fused-ring (bicyclic) bond motifs is 1. The van der Waals surface area contributed by atoms with E-state index >= 15 is 0 Å². The van der Waals surface area contributed by atoms with Gasteiger partial charge >= 0.3 is 0 Å². The second-order valence-electron chi connectivity index (χ2n) is 6.03. The number of nitrogens with one attached hydrogen (secondary N) is 1. The van der Waals surface area contributed by atoms with Gasteiger partial charge in [0.05, 0.1) is 32.8 Å². The first-order chi connectivity index (χ1) is 12.5. The molecule has 5 nitrogen and oxygen atoms in total. The summed E-state index contributed by atoms with van der Waals surface area (Å²) in [5.74, 6) is 0.153. The maximum Gasteiger partial charge on any atom is 0.299 e. The van der Waals surface area contributed by atoms with Gasteiger partial charge in [0.2, 0.25) is 0 Å². The third-order valence-corrected chi connectivity index (χ3v) is 4.99. The predicted molar refractivity (Wildman–Crippen MR) is 104 cm³/mol. The quantitative estimate of drug-likeness (QED) is 0.640. The number of hydrogen-bond acceptors (Lipinski definition) is 4. The molecule has 0 saturated carbocycles. The van der Waals surface area contributed by atoms with Crippen LogP contribution >= 0.6 is 23.2 Å². The SMILES string of the molecule is CCCC(=O)C(NC)c1ccc(-n2c(O)nc3cc(Cl)c(Cl)cc32)cc1. The van der Waals surface area contributed by atoms with Gasteiger partial charge in [-0.15, -0.1) is 0 Å². The van der Waals surface area contributed by atoms with Crippen molar-refractivity contribution in [3.8, 4) is 11.7 Å². The number of aromatic nitrogens is 2. The van der Waals surface area contributed by atoms with E-state index in [9.17, 15) is 9.90 Å². The number of imidazole rings is 1. The summed E-state index contributed by atoms with van der Waals surface area (Å²) < 4.78 is 1.59. The molecule has 3 aromatic rings. The first-order valence-electron chi connectivity index (χ1n) is 8.33. The summed E-state index contributed by atoms with van der Waals surface area (Å²) in [6, 6.07) is 10.2. The van der Waals surface area contributed by atoms with Crippen molar-refractivity contribution in [2.75, 3.05) is 7.05 Å². The van der Waals surface area contributed by atoms with Crippen molar-refractivity contribution in [3.05, 3.63) is 52.0 Å². The summed E-state index contributed by atoms with van der Waals surface area (Å²) in [6.45, 7) is 1.98. The molecule has 1 aromatic heterocycles. The topological polar surface area (TPSA) is 67.2 Å². The molecule has 3 rings (SSSR count). The average molecular weight is 392 g/mol. The number of benzene rings is 2. The molecule has 1 atom stereocenters. The lowest BCUT2D eigenvalue weighted by Crippen LogP contribution is -2.25. The highest BCUT2D eigenvalue weighted by atomic mass is 35.5. The number of carbonyl (C=O) groups is 1. The van der Waals surface area contributed by atoms with Crippen LogP contribution in [0.2, 0.25) is 10.0 Å². The van der Waals surface area contributed by atoms with Crippen LogP contribution in [-0.2, 0) is 4.79 Å². The van der Waals surface area contributed by atoms with E-state index in [-0.39, 0.29) is 17.8 Å². The van der Waals surface area contributed by atoms with Crippen LogP contribution in [0.15, 0.2) is 36.4 Å². The van der Waals surface area contributed by atoms with Crippen LogP contribution < -0.4 is 5.32 Å². The molecule has 0 aliphatic rings. The van der Waals surface area contributed by atoms with Crippen molar-refractivity contribution in [1.82, 2.24) is 14.9 Å². The maximum absolute atomic E-state index is 12.2. The van der Waals surface area contributed by atoms with Crippen molar-refractivity contribution in [2.45, 2.75) is 25.8 Å². The Balaban J connectivity index is 2.01. The molecule has 0 spiro atoms.